The summed E-state index contributed by atoms with van der Waals surface area (Å²) in [6.07, 6.45) is 1.05. The minimum absolute atomic E-state index is 0.0435. The van der Waals surface area contributed by atoms with E-state index in [1.54, 1.807) is 12.1 Å². The van der Waals surface area contributed by atoms with Crippen molar-refractivity contribution >= 4 is 29.4 Å². The predicted octanol–water partition coefficient (Wildman–Crippen LogP) is 3.91. The Labute approximate surface area is 156 Å². The molecular weight excluding hydrogens is 356 g/mol. The molecule has 0 heterocycles. The fraction of sp³-hybridized carbons (Fsp3) is 0.263. The Kier molecular flexibility index (Phi) is 5.63. The van der Waals surface area contributed by atoms with Crippen LogP contribution in [0.5, 0.6) is 0 Å². The number of alkyl carbamates (subject to hydrolysis) is 1. The summed E-state index contributed by atoms with van der Waals surface area (Å²) in [6, 6.07) is 14.5. The molecule has 1 saturated carbocycles. The molecule has 2 aromatic rings. The zero-order valence-electron chi connectivity index (χ0n) is 13.9. The van der Waals surface area contributed by atoms with E-state index in [4.69, 9.17) is 21.4 Å². The van der Waals surface area contributed by atoms with Gasteiger partial charge in [0, 0.05) is 17.8 Å². The SMILES string of the molecule is O=C(NC1CC(Nc2ccc(Cl)c(C(=O)O)c2)C1)OCc1ccccc1. The first-order chi connectivity index (χ1) is 12.5. The van der Waals surface area contributed by atoms with Crippen LogP contribution in [0.25, 0.3) is 0 Å². The lowest BCUT2D eigenvalue weighted by molar-refractivity contribution is 0.0697. The summed E-state index contributed by atoms with van der Waals surface area (Å²) in [5.74, 6) is -1.06. The van der Waals surface area contributed by atoms with Crippen molar-refractivity contribution in [2.24, 2.45) is 0 Å². The quantitative estimate of drug-likeness (QED) is 0.713. The Morgan fingerprint density at radius 1 is 1.12 bits per heavy atom. The number of anilines is 1. The Morgan fingerprint density at radius 3 is 2.54 bits per heavy atom. The molecule has 0 bridgehead atoms. The van der Waals surface area contributed by atoms with Gasteiger partial charge < -0.3 is 20.5 Å². The molecule has 3 rings (SSSR count). The van der Waals surface area contributed by atoms with Crippen molar-refractivity contribution in [2.45, 2.75) is 31.5 Å². The number of aromatic carboxylic acids is 1. The molecule has 0 aliphatic heterocycles. The van der Waals surface area contributed by atoms with Gasteiger partial charge in [0.25, 0.3) is 0 Å². The number of nitrogens with one attached hydrogen (secondary N) is 2. The molecule has 2 aromatic carbocycles. The van der Waals surface area contributed by atoms with Gasteiger partial charge in [-0.1, -0.05) is 41.9 Å². The highest BCUT2D eigenvalue weighted by Gasteiger charge is 2.30. The molecule has 0 aromatic heterocycles. The third-order valence-corrected chi connectivity index (χ3v) is 4.57. The second kappa shape index (κ2) is 8.10. The Hall–Kier alpha value is -2.73. The van der Waals surface area contributed by atoms with E-state index in [0.29, 0.717) is 5.69 Å². The average Bonchev–Trinajstić information content (AvgIpc) is 2.60. The normalized spacial score (nSPS) is 18.5. The van der Waals surface area contributed by atoms with Gasteiger partial charge in [0.1, 0.15) is 6.61 Å². The second-order valence-corrected chi connectivity index (χ2v) is 6.62. The number of hydrogen-bond donors (Lipinski definition) is 3. The van der Waals surface area contributed by atoms with Crippen LogP contribution in [-0.2, 0) is 11.3 Å². The number of hydrogen-bond acceptors (Lipinski definition) is 4. The van der Waals surface area contributed by atoms with Gasteiger partial charge in [-0.25, -0.2) is 9.59 Å². The molecule has 136 valence electrons. The van der Waals surface area contributed by atoms with E-state index in [-0.39, 0.29) is 29.3 Å². The number of carbonyl (C=O) groups excluding carboxylic acids is 1. The lowest BCUT2D eigenvalue weighted by atomic mass is 9.86. The Balaban J connectivity index is 1.41. The predicted molar refractivity (Wildman–Crippen MR) is 98.6 cm³/mol. The van der Waals surface area contributed by atoms with Crippen molar-refractivity contribution in [1.82, 2.24) is 5.32 Å². The van der Waals surface area contributed by atoms with Crippen LogP contribution in [0, 0.1) is 0 Å². The second-order valence-electron chi connectivity index (χ2n) is 6.22. The number of benzene rings is 2. The van der Waals surface area contributed by atoms with E-state index in [1.807, 2.05) is 30.3 Å². The van der Waals surface area contributed by atoms with Gasteiger partial charge in [-0.2, -0.15) is 0 Å². The standard InChI is InChI=1S/C19H19ClN2O4/c20-17-7-6-13(10-16(17)18(23)24)21-14-8-15(9-14)22-19(25)26-11-12-4-2-1-3-5-12/h1-7,10,14-15,21H,8-9,11H2,(H,22,25)(H,23,24). The van der Waals surface area contributed by atoms with Crippen molar-refractivity contribution in [3.63, 3.8) is 0 Å². The minimum atomic E-state index is -1.06. The Morgan fingerprint density at radius 2 is 1.85 bits per heavy atom. The maximum absolute atomic E-state index is 11.8. The summed E-state index contributed by atoms with van der Waals surface area (Å²) in [7, 11) is 0. The van der Waals surface area contributed by atoms with E-state index < -0.39 is 12.1 Å². The van der Waals surface area contributed by atoms with Crippen LogP contribution >= 0.6 is 11.6 Å². The molecule has 1 aliphatic carbocycles. The molecule has 0 radical (unpaired) electrons. The number of amides is 1. The molecule has 0 unspecified atom stereocenters. The van der Waals surface area contributed by atoms with Gasteiger partial charge in [0.05, 0.1) is 10.6 Å². The molecule has 6 nitrogen and oxygen atoms in total. The molecule has 7 heteroatoms. The fourth-order valence-electron chi connectivity index (χ4n) is 2.80. The minimum Gasteiger partial charge on any atom is -0.478 e. The third-order valence-electron chi connectivity index (χ3n) is 4.24. The number of carboxylic acid groups (broad SMARTS) is 1. The van der Waals surface area contributed by atoms with Crippen LogP contribution in [0.15, 0.2) is 48.5 Å². The lowest BCUT2D eigenvalue weighted by Crippen LogP contribution is -2.49. The Bertz CT molecular complexity index is 791. The van der Waals surface area contributed by atoms with Gasteiger partial charge in [0.15, 0.2) is 0 Å². The van der Waals surface area contributed by atoms with E-state index in [0.717, 1.165) is 18.4 Å². The molecule has 1 amide bonds. The highest BCUT2D eigenvalue weighted by molar-refractivity contribution is 6.33. The van der Waals surface area contributed by atoms with Crippen molar-refractivity contribution in [3.8, 4) is 0 Å². The third kappa shape index (κ3) is 4.67. The number of halogens is 1. The van der Waals surface area contributed by atoms with E-state index in [1.165, 1.54) is 6.07 Å². The first-order valence-electron chi connectivity index (χ1n) is 8.28. The van der Waals surface area contributed by atoms with Gasteiger partial charge in [-0.3, -0.25) is 0 Å². The molecule has 26 heavy (non-hydrogen) atoms. The largest absolute Gasteiger partial charge is 0.478 e. The molecular formula is C19H19ClN2O4. The smallest absolute Gasteiger partial charge is 0.407 e. The monoisotopic (exact) mass is 374 g/mol. The average molecular weight is 375 g/mol. The highest BCUT2D eigenvalue weighted by atomic mass is 35.5. The lowest BCUT2D eigenvalue weighted by Gasteiger charge is -2.36. The highest BCUT2D eigenvalue weighted by Crippen LogP contribution is 2.27. The maximum Gasteiger partial charge on any atom is 0.407 e. The van der Waals surface area contributed by atoms with Crippen molar-refractivity contribution in [2.75, 3.05) is 5.32 Å². The van der Waals surface area contributed by atoms with Crippen molar-refractivity contribution in [1.29, 1.82) is 0 Å². The van der Waals surface area contributed by atoms with Crippen LogP contribution in [0.2, 0.25) is 5.02 Å². The van der Waals surface area contributed by atoms with Crippen LogP contribution in [0.1, 0.15) is 28.8 Å². The zero-order valence-corrected chi connectivity index (χ0v) is 14.7. The van der Waals surface area contributed by atoms with Crippen LogP contribution < -0.4 is 10.6 Å². The van der Waals surface area contributed by atoms with Crippen molar-refractivity contribution < 1.29 is 19.4 Å². The molecule has 0 atom stereocenters. The van der Waals surface area contributed by atoms with Gasteiger partial charge in [-0.15, -0.1) is 0 Å². The molecule has 1 fully saturated rings. The summed E-state index contributed by atoms with van der Waals surface area (Å²) in [4.78, 5) is 22.9. The molecule has 1 aliphatic rings. The molecule has 0 saturated heterocycles. The van der Waals surface area contributed by atoms with E-state index >= 15 is 0 Å². The van der Waals surface area contributed by atoms with Gasteiger partial charge >= 0.3 is 12.1 Å². The maximum atomic E-state index is 11.8. The summed E-state index contributed by atoms with van der Waals surface area (Å²) in [5, 5.41) is 15.4. The summed E-state index contributed by atoms with van der Waals surface area (Å²) >= 11 is 5.86. The zero-order chi connectivity index (χ0) is 18.5. The fourth-order valence-corrected chi connectivity index (χ4v) is 3.00. The topological polar surface area (TPSA) is 87.7 Å². The first kappa shape index (κ1) is 18.1. The first-order valence-corrected chi connectivity index (χ1v) is 8.65. The van der Waals surface area contributed by atoms with Crippen LogP contribution in [-0.4, -0.2) is 29.3 Å². The van der Waals surface area contributed by atoms with E-state index in [2.05, 4.69) is 10.6 Å². The molecule has 0 spiro atoms. The van der Waals surface area contributed by atoms with Crippen LogP contribution in [0.3, 0.4) is 0 Å². The van der Waals surface area contributed by atoms with Crippen LogP contribution in [0.4, 0.5) is 10.5 Å². The van der Waals surface area contributed by atoms with Gasteiger partial charge in [-0.05, 0) is 36.6 Å². The van der Waals surface area contributed by atoms with Gasteiger partial charge in [0.2, 0.25) is 0 Å². The molecule has 3 N–H and O–H groups in total. The number of ether oxygens (including phenoxy) is 1. The summed E-state index contributed by atoms with van der Waals surface area (Å²) < 4.78 is 5.19. The number of carbonyl (C=O) groups is 2. The van der Waals surface area contributed by atoms with E-state index in [9.17, 15) is 9.59 Å². The number of rotatable bonds is 6. The van der Waals surface area contributed by atoms with Crippen molar-refractivity contribution in [3.05, 3.63) is 64.7 Å². The number of carboxylic acids is 1. The summed E-state index contributed by atoms with van der Waals surface area (Å²) in [5.41, 5.74) is 1.70. The summed E-state index contributed by atoms with van der Waals surface area (Å²) in [6.45, 7) is 0.240.